The van der Waals surface area contributed by atoms with Gasteiger partial charge in [-0.3, -0.25) is 4.79 Å². The van der Waals surface area contributed by atoms with E-state index in [9.17, 15) is 31.5 Å². The van der Waals surface area contributed by atoms with Crippen molar-refractivity contribution in [3.05, 3.63) is 76.6 Å². The Kier molecular flexibility index (Phi) is 7.00. The average molecular weight is 466 g/mol. The first-order valence-electron chi connectivity index (χ1n) is 9.45. The average Bonchev–Trinajstić information content (AvgIpc) is 2.73. The zero-order valence-corrected chi connectivity index (χ0v) is 17.0. The van der Waals surface area contributed by atoms with Gasteiger partial charge >= 0.3 is 12.3 Å². The van der Waals surface area contributed by atoms with Crippen LogP contribution in [0.5, 0.6) is 5.75 Å². The molecule has 0 aliphatic heterocycles. The van der Waals surface area contributed by atoms with E-state index in [1.807, 2.05) is 0 Å². The van der Waals surface area contributed by atoms with Crippen LogP contribution >= 0.6 is 0 Å². The van der Waals surface area contributed by atoms with Gasteiger partial charge in [-0.1, -0.05) is 18.2 Å². The monoisotopic (exact) mass is 466 g/mol. The topological polar surface area (TPSA) is 78.4 Å². The number of carbonyl (C=O) groups excluding carboxylic acids is 2. The highest BCUT2D eigenvalue weighted by Gasteiger charge is 2.31. The number of ether oxygens (including phenoxy) is 2. The van der Waals surface area contributed by atoms with Gasteiger partial charge in [-0.2, -0.15) is 0 Å². The fraction of sp³-hybridized carbons (Fsp3) is 0.182. The molecule has 11 heteroatoms. The predicted octanol–water partition coefficient (Wildman–Crippen LogP) is 4.90. The number of aromatic nitrogens is 2. The van der Waals surface area contributed by atoms with E-state index in [4.69, 9.17) is 4.74 Å². The SMILES string of the molecule is CCOC(=O)c1c(C=O)nc(-c2c(F)cccc2F)nc1Cc1ccc(OC(F)(F)F)cc1. The van der Waals surface area contributed by atoms with Crippen LogP contribution in [-0.4, -0.2) is 35.2 Å². The molecule has 1 heterocycles. The molecule has 2 aromatic carbocycles. The Balaban J connectivity index is 2.11. The molecule has 6 nitrogen and oxygen atoms in total. The fourth-order valence-corrected chi connectivity index (χ4v) is 2.99. The third-order valence-corrected chi connectivity index (χ3v) is 4.32. The van der Waals surface area contributed by atoms with Crippen molar-refractivity contribution in [3.63, 3.8) is 0 Å². The first kappa shape index (κ1) is 23.8. The second kappa shape index (κ2) is 9.72. The summed E-state index contributed by atoms with van der Waals surface area (Å²) >= 11 is 0. The van der Waals surface area contributed by atoms with E-state index in [0.29, 0.717) is 5.56 Å². The lowest BCUT2D eigenvalue weighted by atomic mass is 10.0. The first-order chi connectivity index (χ1) is 15.6. The lowest BCUT2D eigenvalue weighted by Crippen LogP contribution is -2.17. The number of hydrogen-bond acceptors (Lipinski definition) is 6. The summed E-state index contributed by atoms with van der Waals surface area (Å²) in [5.74, 6) is -3.87. The molecule has 0 spiro atoms. The number of rotatable bonds is 7. The van der Waals surface area contributed by atoms with Crippen LogP contribution in [-0.2, 0) is 11.2 Å². The predicted molar refractivity (Wildman–Crippen MR) is 105 cm³/mol. The van der Waals surface area contributed by atoms with Crippen LogP contribution < -0.4 is 4.74 Å². The maximum absolute atomic E-state index is 14.3. The maximum Gasteiger partial charge on any atom is 0.573 e. The van der Waals surface area contributed by atoms with Crippen LogP contribution in [0.4, 0.5) is 22.0 Å². The van der Waals surface area contributed by atoms with Gasteiger partial charge in [0.15, 0.2) is 12.1 Å². The number of alkyl halides is 3. The van der Waals surface area contributed by atoms with E-state index in [0.717, 1.165) is 30.3 Å². The third-order valence-electron chi connectivity index (χ3n) is 4.32. The summed E-state index contributed by atoms with van der Waals surface area (Å²) in [6.45, 7) is 1.49. The van der Waals surface area contributed by atoms with Crippen molar-refractivity contribution in [2.45, 2.75) is 19.7 Å². The second-order valence-corrected chi connectivity index (χ2v) is 6.56. The van der Waals surface area contributed by atoms with Crippen molar-refractivity contribution >= 4 is 12.3 Å². The van der Waals surface area contributed by atoms with Gasteiger partial charge in [0.25, 0.3) is 0 Å². The van der Waals surface area contributed by atoms with Crippen molar-refractivity contribution < 1.29 is 41.0 Å². The van der Waals surface area contributed by atoms with E-state index >= 15 is 0 Å². The number of esters is 1. The Morgan fingerprint density at radius 1 is 1.03 bits per heavy atom. The summed E-state index contributed by atoms with van der Waals surface area (Å²) in [6, 6.07) is 7.73. The third kappa shape index (κ3) is 5.68. The van der Waals surface area contributed by atoms with E-state index < -0.39 is 46.8 Å². The van der Waals surface area contributed by atoms with Crippen molar-refractivity contribution in [2.24, 2.45) is 0 Å². The Bertz CT molecular complexity index is 1160. The molecular formula is C22H15F5N2O4. The maximum atomic E-state index is 14.3. The molecular weight excluding hydrogens is 451 g/mol. The Labute approximate surface area is 184 Å². The largest absolute Gasteiger partial charge is 0.573 e. The normalized spacial score (nSPS) is 11.2. The molecule has 0 bridgehead atoms. The Morgan fingerprint density at radius 2 is 1.67 bits per heavy atom. The summed E-state index contributed by atoms with van der Waals surface area (Å²) in [4.78, 5) is 32.1. The van der Waals surface area contributed by atoms with Crippen LogP contribution in [0.1, 0.15) is 39.0 Å². The molecule has 0 aliphatic carbocycles. The van der Waals surface area contributed by atoms with Crippen molar-refractivity contribution in [1.82, 2.24) is 9.97 Å². The molecule has 3 aromatic rings. The molecule has 0 aliphatic rings. The number of benzene rings is 2. The molecule has 0 unspecified atom stereocenters. The van der Waals surface area contributed by atoms with Gasteiger partial charge in [0.2, 0.25) is 0 Å². The van der Waals surface area contributed by atoms with E-state index in [-0.39, 0.29) is 30.6 Å². The lowest BCUT2D eigenvalue weighted by Gasteiger charge is -2.13. The minimum absolute atomic E-state index is 0.0380. The van der Waals surface area contributed by atoms with Gasteiger partial charge < -0.3 is 9.47 Å². The molecule has 172 valence electrons. The Hall–Kier alpha value is -3.89. The van der Waals surface area contributed by atoms with Crippen molar-refractivity contribution in [3.8, 4) is 17.1 Å². The summed E-state index contributed by atoms with van der Waals surface area (Å²) in [7, 11) is 0. The molecule has 0 saturated heterocycles. The Morgan fingerprint density at radius 3 is 2.21 bits per heavy atom. The fourth-order valence-electron chi connectivity index (χ4n) is 2.99. The van der Waals surface area contributed by atoms with Crippen LogP contribution in [0.3, 0.4) is 0 Å². The van der Waals surface area contributed by atoms with Crippen LogP contribution in [0, 0.1) is 11.6 Å². The molecule has 0 saturated carbocycles. The molecule has 1 aromatic heterocycles. The lowest BCUT2D eigenvalue weighted by molar-refractivity contribution is -0.274. The van der Waals surface area contributed by atoms with Gasteiger partial charge in [0.05, 0.1) is 17.9 Å². The zero-order chi connectivity index (χ0) is 24.2. The number of halogens is 5. The summed E-state index contributed by atoms with van der Waals surface area (Å²) < 4.78 is 74.4. The molecule has 0 fully saturated rings. The van der Waals surface area contributed by atoms with Gasteiger partial charge in [-0.05, 0) is 36.8 Å². The van der Waals surface area contributed by atoms with Gasteiger partial charge in [-0.25, -0.2) is 23.5 Å². The summed E-state index contributed by atoms with van der Waals surface area (Å²) in [6.07, 6.45) is -4.84. The van der Waals surface area contributed by atoms with Gasteiger partial charge in [0.1, 0.15) is 28.6 Å². The number of hydrogen-bond donors (Lipinski definition) is 0. The second-order valence-electron chi connectivity index (χ2n) is 6.56. The van der Waals surface area contributed by atoms with Crippen LogP contribution in [0.2, 0.25) is 0 Å². The molecule has 33 heavy (non-hydrogen) atoms. The number of aldehydes is 1. The first-order valence-corrected chi connectivity index (χ1v) is 9.45. The highest BCUT2D eigenvalue weighted by molar-refractivity contribution is 5.98. The van der Waals surface area contributed by atoms with Crippen LogP contribution in [0.25, 0.3) is 11.4 Å². The zero-order valence-electron chi connectivity index (χ0n) is 17.0. The standard InChI is InChI=1S/C22H15F5N2O4/c1-2-32-21(31)19-16(10-12-6-8-13(9-7-12)33-22(25,26)27)28-20(29-17(19)11-30)18-14(23)4-3-5-15(18)24/h3-9,11H,2,10H2,1H3. The van der Waals surface area contributed by atoms with Crippen LogP contribution in [0.15, 0.2) is 42.5 Å². The molecule has 0 amide bonds. The molecule has 0 atom stereocenters. The molecule has 3 rings (SSSR count). The molecule has 0 N–H and O–H groups in total. The number of nitrogens with zero attached hydrogens (tertiary/aromatic N) is 2. The van der Waals surface area contributed by atoms with Gasteiger partial charge in [0, 0.05) is 6.42 Å². The highest BCUT2D eigenvalue weighted by Crippen LogP contribution is 2.27. The van der Waals surface area contributed by atoms with E-state index in [1.54, 1.807) is 0 Å². The van der Waals surface area contributed by atoms with Crippen molar-refractivity contribution in [2.75, 3.05) is 6.61 Å². The van der Waals surface area contributed by atoms with E-state index in [2.05, 4.69) is 14.7 Å². The summed E-state index contributed by atoms with van der Waals surface area (Å²) in [5.41, 5.74) is -1.11. The van der Waals surface area contributed by atoms with Crippen molar-refractivity contribution in [1.29, 1.82) is 0 Å². The van der Waals surface area contributed by atoms with Gasteiger partial charge in [-0.15, -0.1) is 13.2 Å². The minimum atomic E-state index is -4.87. The number of carbonyl (C=O) groups is 2. The van der Waals surface area contributed by atoms with E-state index in [1.165, 1.54) is 19.1 Å². The highest BCUT2D eigenvalue weighted by atomic mass is 19.4. The minimum Gasteiger partial charge on any atom is -0.462 e. The molecule has 0 radical (unpaired) electrons. The quantitative estimate of drug-likeness (QED) is 0.280. The summed E-state index contributed by atoms with van der Waals surface area (Å²) in [5, 5.41) is 0. The smallest absolute Gasteiger partial charge is 0.462 e.